The lowest BCUT2D eigenvalue weighted by atomic mass is 10.1. The van der Waals surface area contributed by atoms with Crippen LogP contribution in [0.1, 0.15) is 17.5 Å². The first-order valence-electron chi connectivity index (χ1n) is 8.14. The second-order valence-corrected chi connectivity index (χ2v) is 8.00. The molecule has 7 nitrogen and oxygen atoms in total. The molecule has 0 fully saturated rings. The summed E-state index contributed by atoms with van der Waals surface area (Å²) >= 11 is 0. The second kappa shape index (κ2) is 11.2. The molecule has 2 aromatic rings. The third-order valence-corrected chi connectivity index (χ3v) is 4.41. The van der Waals surface area contributed by atoms with Gasteiger partial charge in [0.1, 0.15) is 0 Å². The monoisotopic (exact) mass is 491 g/mol. The normalized spacial score (nSPS) is 11.7. The van der Waals surface area contributed by atoms with Crippen molar-refractivity contribution in [2.75, 3.05) is 19.8 Å². The number of nitrogens with one attached hydrogen (secondary N) is 2. The van der Waals surface area contributed by atoms with Gasteiger partial charge in [-0.3, -0.25) is 9.67 Å². The number of rotatable bonds is 8. The van der Waals surface area contributed by atoms with Gasteiger partial charge in [0.25, 0.3) is 0 Å². The molecule has 9 heteroatoms. The average Bonchev–Trinajstić information content (AvgIpc) is 3.07. The van der Waals surface area contributed by atoms with Crippen molar-refractivity contribution in [2.45, 2.75) is 25.3 Å². The van der Waals surface area contributed by atoms with Crippen LogP contribution in [0, 0.1) is 0 Å². The van der Waals surface area contributed by atoms with E-state index in [-0.39, 0.29) is 29.7 Å². The van der Waals surface area contributed by atoms with Crippen molar-refractivity contribution in [1.29, 1.82) is 0 Å². The minimum Gasteiger partial charge on any atom is -0.356 e. The molecule has 0 saturated carbocycles. The minimum atomic E-state index is -3.00. The highest BCUT2D eigenvalue weighted by atomic mass is 127. The summed E-state index contributed by atoms with van der Waals surface area (Å²) in [7, 11) is -1.27. The van der Waals surface area contributed by atoms with Crippen LogP contribution in [-0.2, 0) is 28.7 Å². The van der Waals surface area contributed by atoms with Crippen LogP contribution < -0.4 is 10.6 Å². The largest absolute Gasteiger partial charge is 0.356 e. The Morgan fingerprint density at radius 3 is 2.46 bits per heavy atom. The zero-order chi connectivity index (χ0) is 18.1. The van der Waals surface area contributed by atoms with Crippen molar-refractivity contribution in [2.24, 2.45) is 4.99 Å². The molecule has 2 N–H and O–H groups in total. The summed E-state index contributed by atoms with van der Waals surface area (Å²) in [4.78, 5) is 4.20. The van der Waals surface area contributed by atoms with Crippen LogP contribution >= 0.6 is 24.0 Å². The number of benzene rings is 1. The SMILES string of the molecule is CN=C(NCCCn1cccn1)NCc1ccc(CS(C)(=O)=O)cc1.I. The van der Waals surface area contributed by atoms with Crippen LogP contribution in [0.3, 0.4) is 0 Å². The molecule has 1 aromatic heterocycles. The molecule has 144 valence electrons. The van der Waals surface area contributed by atoms with Gasteiger partial charge in [-0.15, -0.1) is 24.0 Å². The predicted molar refractivity (Wildman–Crippen MR) is 115 cm³/mol. The fraction of sp³-hybridized carbons (Fsp3) is 0.412. The summed E-state index contributed by atoms with van der Waals surface area (Å²) in [5.74, 6) is 0.806. The zero-order valence-electron chi connectivity index (χ0n) is 15.1. The van der Waals surface area contributed by atoms with Crippen LogP contribution in [0.2, 0.25) is 0 Å². The van der Waals surface area contributed by atoms with Gasteiger partial charge in [-0.25, -0.2) is 8.42 Å². The van der Waals surface area contributed by atoms with Gasteiger partial charge < -0.3 is 10.6 Å². The maximum absolute atomic E-state index is 11.3. The summed E-state index contributed by atoms with van der Waals surface area (Å²) < 4.78 is 24.5. The van der Waals surface area contributed by atoms with Crippen LogP contribution in [0.4, 0.5) is 0 Å². The first-order valence-corrected chi connectivity index (χ1v) is 10.2. The highest BCUT2D eigenvalue weighted by Gasteiger charge is 2.04. The van der Waals surface area contributed by atoms with Crippen LogP contribution in [-0.4, -0.2) is 44.0 Å². The molecule has 0 spiro atoms. The van der Waals surface area contributed by atoms with E-state index in [4.69, 9.17) is 0 Å². The number of hydrogen-bond donors (Lipinski definition) is 2. The molecule has 1 aromatic carbocycles. The molecule has 1 heterocycles. The molecule has 26 heavy (non-hydrogen) atoms. The van der Waals surface area contributed by atoms with E-state index in [2.05, 4.69) is 20.7 Å². The molecule has 0 amide bonds. The number of nitrogens with zero attached hydrogens (tertiary/aromatic N) is 3. The molecular weight excluding hydrogens is 465 g/mol. The van der Waals surface area contributed by atoms with E-state index in [9.17, 15) is 8.42 Å². The van der Waals surface area contributed by atoms with Crippen LogP contribution in [0.15, 0.2) is 47.7 Å². The van der Waals surface area contributed by atoms with Gasteiger partial charge in [-0.1, -0.05) is 24.3 Å². The van der Waals surface area contributed by atoms with Gasteiger partial charge in [0.15, 0.2) is 15.8 Å². The molecule has 0 saturated heterocycles. The number of hydrogen-bond acceptors (Lipinski definition) is 4. The number of aryl methyl sites for hydroxylation is 1. The number of aromatic nitrogens is 2. The van der Waals surface area contributed by atoms with E-state index < -0.39 is 9.84 Å². The van der Waals surface area contributed by atoms with Gasteiger partial charge in [0.05, 0.1) is 5.75 Å². The maximum Gasteiger partial charge on any atom is 0.191 e. The molecule has 0 unspecified atom stereocenters. The molecule has 0 aliphatic heterocycles. The molecule has 0 atom stereocenters. The number of guanidine groups is 1. The number of sulfone groups is 1. The molecular formula is C17H26IN5O2S. The molecule has 0 radical (unpaired) electrons. The van der Waals surface area contributed by atoms with Crippen molar-refractivity contribution < 1.29 is 8.42 Å². The quantitative estimate of drug-likeness (QED) is 0.255. The summed E-state index contributed by atoms with van der Waals surface area (Å²) in [6.45, 7) is 2.28. The fourth-order valence-electron chi connectivity index (χ4n) is 2.34. The van der Waals surface area contributed by atoms with E-state index in [1.807, 2.05) is 41.2 Å². The lowest BCUT2D eigenvalue weighted by Gasteiger charge is -2.12. The van der Waals surface area contributed by atoms with E-state index in [0.717, 1.165) is 36.6 Å². The standard InChI is InChI=1S/C17H25N5O2S.HI/c1-18-17(19-9-3-11-22-12-4-10-21-22)20-13-15-5-7-16(8-6-15)14-25(2,23)24;/h4-8,10,12H,3,9,11,13-14H2,1-2H3,(H2,18,19,20);1H. The van der Waals surface area contributed by atoms with Crippen molar-refractivity contribution in [1.82, 2.24) is 20.4 Å². The van der Waals surface area contributed by atoms with Gasteiger partial charge in [-0.05, 0) is 23.6 Å². The van der Waals surface area contributed by atoms with Crippen LogP contribution in [0.5, 0.6) is 0 Å². The van der Waals surface area contributed by atoms with E-state index in [1.54, 1.807) is 13.2 Å². The van der Waals surface area contributed by atoms with Gasteiger partial charge in [0, 0.05) is 45.3 Å². The van der Waals surface area contributed by atoms with Crippen molar-refractivity contribution in [3.63, 3.8) is 0 Å². The number of aliphatic imine (C=N–C) groups is 1. The lowest BCUT2D eigenvalue weighted by molar-refractivity contribution is 0.570. The smallest absolute Gasteiger partial charge is 0.191 e. The Hall–Kier alpha value is -1.62. The fourth-order valence-corrected chi connectivity index (χ4v) is 3.14. The third-order valence-electron chi connectivity index (χ3n) is 3.55. The topological polar surface area (TPSA) is 88.4 Å². The Morgan fingerprint density at radius 1 is 1.19 bits per heavy atom. The van der Waals surface area contributed by atoms with E-state index in [0.29, 0.717) is 6.54 Å². The third kappa shape index (κ3) is 8.65. The van der Waals surface area contributed by atoms with E-state index >= 15 is 0 Å². The first kappa shape index (κ1) is 22.4. The highest BCUT2D eigenvalue weighted by Crippen LogP contribution is 2.07. The Labute approximate surface area is 172 Å². The van der Waals surface area contributed by atoms with Gasteiger partial charge in [0.2, 0.25) is 0 Å². The highest BCUT2D eigenvalue weighted by molar-refractivity contribution is 14.0. The van der Waals surface area contributed by atoms with Gasteiger partial charge >= 0.3 is 0 Å². The first-order chi connectivity index (χ1) is 12.0. The van der Waals surface area contributed by atoms with Crippen molar-refractivity contribution in [3.05, 3.63) is 53.9 Å². The predicted octanol–water partition coefficient (Wildman–Crippen LogP) is 1.80. The average molecular weight is 491 g/mol. The van der Waals surface area contributed by atoms with Gasteiger partial charge in [-0.2, -0.15) is 5.10 Å². The minimum absolute atomic E-state index is 0. The van der Waals surface area contributed by atoms with Crippen molar-refractivity contribution >= 4 is 39.8 Å². The summed E-state index contributed by atoms with van der Waals surface area (Å²) in [6, 6.07) is 9.46. The Morgan fingerprint density at radius 2 is 1.88 bits per heavy atom. The Balaban J connectivity index is 0.00000338. The van der Waals surface area contributed by atoms with Crippen molar-refractivity contribution in [3.8, 4) is 0 Å². The molecule has 0 bridgehead atoms. The zero-order valence-corrected chi connectivity index (χ0v) is 18.2. The van der Waals surface area contributed by atoms with E-state index in [1.165, 1.54) is 6.26 Å². The lowest BCUT2D eigenvalue weighted by Crippen LogP contribution is -2.37. The summed E-state index contributed by atoms with van der Waals surface area (Å²) in [6.07, 6.45) is 5.91. The second-order valence-electron chi connectivity index (χ2n) is 5.86. The van der Waals surface area contributed by atoms with Crippen LogP contribution in [0.25, 0.3) is 0 Å². The summed E-state index contributed by atoms with van der Waals surface area (Å²) in [5, 5.41) is 10.7. The molecule has 2 rings (SSSR count). The maximum atomic E-state index is 11.3. The molecule has 0 aliphatic carbocycles. The number of halogens is 1. The Kier molecular flexibility index (Phi) is 9.63. The summed E-state index contributed by atoms with van der Waals surface area (Å²) in [5.41, 5.74) is 1.86. The Bertz CT molecular complexity index is 774. The molecule has 0 aliphatic rings.